The summed E-state index contributed by atoms with van der Waals surface area (Å²) >= 11 is 1.68. The van der Waals surface area contributed by atoms with Crippen LogP contribution >= 0.6 is 11.3 Å². The average molecular weight is 468 g/mol. The molecule has 0 N–H and O–H groups in total. The smallest absolute Gasteiger partial charge is 0.227 e. The molecule has 1 aromatic carbocycles. The zero-order valence-electron chi connectivity index (χ0n) is 20.3. The van der Waals surface area contributed by atoms with Gasteiger partial charge in [0, 0.05) is 29.2 Å². The zero-order chi connectivity index (χ0) is 23.7. The monoisotopic (exact) mass is 467 g/mol. The molecule has 2 aromatic heterocycles. The normalized spacial score (nSPS) is 15.6. The second-order valence-corrected chi connectivity index (χ2v) is 10.0. The van der Waals surface area contributed by atoms with Crippen LogP contribution in [-0.4, -0.2) is 41.4 Å². The maximum atomic E-state index is 13.7. The maximum absolute atomic E-state index is 13.7. The minimum atomic E-state index is -0.132. The van der Waals surface area contributed by atoms with Crippen molar-refractivity contribution in [2.24, 2.45) is 5.92 Å². The zero-order valence-corrected chi connectivity index (χ0v) is 21.2. The predicted octanol–water partition coefficient (Wildman–Crippen LogP) is 4.95. The SMILES string of the molecule is COc1cc2c(cc1OC)C(c1cccs1)N(C(=O)Cc1c(C)nn(CC(C)C)c1C)CC2. The van der Waals surface area contributed by atoms with Crippen molar-refractivity contribution in [1.29, 1.82) is 0 Å². The van der Waals surface area contributed by atoms with Gasteiger partial charge in [-0.15, -0.1) is 11.3 Å². The van der Waals surface area contributed by atoms with Gasteiger partial charge < -0.3 is 14.4 Å². The third kappa shape index (κ3) is 4.51. The number of carbonyl (C=O) groups excluding carboxylic acids is 1. The number of fused-ring (bicyclic) bond motifs is 1. The van der Waals surface area contributed by atoms with Crippen LogP contribution in [0.2, 0.25) is 0 Å². The molecule has 0 aliphatic carbocycles. The second-order valence-electron chi connectivity index (χ2n) is 9.06. The molecule has 0 saturated heterocycles. The summed E-state index contributed by atoms with van der Waals surface area (Å²) in [6, 6.07) is 8.11. The number of nitrogens with zero attached hydrogens (tertiary/aromatic N) is 3. The van der Waals surface area contributed by atoms with Crippen molar-refractivity contribution in [3.8, 4) is 11.5 Å². The lowest BCUT2D eigenvalue weighted by molar-refractivity contribution is -0.132. The molecule has 0 bridgehead atoms. The van der Waals surface area contributed by atoms with Crippen LogP contribution < -0.4 is 9.47 Å². The molecule has 0 fully saturated rings. The number of amides is 1. The van der Waals surface area contributed by atoms with Crippen molar-refractivity contribution < 1.29 is 14.3 Å². The number of methoxy groups -OCH3 is 2. The van der Waals surface area contributed by atoms with E-state index in [4.69, 9.17) is 14.6 Å². The molecule has 7 heteroatoms. The standard InChI is InChI=1S/C26H33N3O3S/c1-16(2)15-29-18(4)20(17(3)27-29)14-25(30)28-10-9-19-12-22(31-5)23(32-6)13-21(19)26(28)24-8-7-11-33-24/h7-8,11-13,16,26H,9-10,14-15H2,1-6H3. The highest BCUT2D eigenvalue weighted by atomic mass is 32.1. The molecular formula is C26H33N3O3S. The van der Waals surface area contributed by atoms with Crippen molar-refractivity contribution in [3.63, 3.8) is 0 Å². The maximum Gasteiger partial charge on any atom is 0.227 e. The molecule has 1 amide bonds. The predicted molar refractivity (Wildman–Crippen MR) is 131 cm³/mol. The van der Waals surface area contributed by atoms with Crippen LogP contribution in [0.3, 0.4) is 0 Å². The van der Waals surface area contributed by atoms with Gasteiger partial charge in [-0.05, 0) is 60.9 Å². The van der Waals surface area contributed by atoms with E-state index >= 15 is 0 Å². The fourth-order valence-corrected chi connectivity index (χ4v) is 5.59. The summed E-state index contributed by atoms with van der Waals surface area (Å²) in [4.78, 5) is 16.9. The quantitative estimate of drug-likeness (QED) is 0.493. The van der Waals surface area contributed by atoms with Gasteiger partial charge in [-0.25, -0.2) is 0 Å². The minimum absolute atomic E-state index is 0.129. The fourth-order valence-electron chi connectivity index (χ4n) is 4.73. The number of aryl methyl sites for hydroxylation is 1. The third-order valence-corrected chi connectivity index (χ3v) is 7.33. The summed E-state index contributed by atoms with van der Waals surface area (Å²) in [5.74, 6) is 2.04. The number of thiophene rings is 1. The van der Waals surface area contributed by atoms with Gasteiger partial charge in [0.1, 0.15) is 0 Å². The van der Waals surface area contributed by atoms with E-state index in [-0.39, 0.29) is 11.9 Å². The fraction of sp³-hybridized carbons (Fsp3) is 0.462. The molecule has 6 nitrogen and oxygen atoms in total. The minimum Gasteiger partial charge on any atom is -0.493 e. The third-order valence-electron chi connectivity index (χ3n) is 6.40. The van der Waals surface area contributed by atoms with E-state index in [2.05, 4.69) is 38.3 Å². The van der Waals surface area contributed by atoms with E-state index in [0.717, 1.165) is 46.1 Å². The lowest BCUT2D eigenvalue weighted by Crippen LogP contribution is -2.41. The van der Waals surface area contributed by atoms with Gasteiger partial charge in [-0.1, -0.05) is 19.9 Å². The van der Waals surface area contributed by atoms with Crippen LogP contribution in [0.1, 0.15) is 52.8 Å². The van der Waals surface area contributed by atoms with E-state index in [1.54, 1.807) is 25.6 Å². The van der Waals surface area contributed by atoms with Crippen molar-refractivity contribution in [2.45, 2.75) is 53.1 Å². The Morgan fingerprint density at radius 2 is 1.94 bits per heavy atom. The summed E-state index contributed by atoms with van der Waals surface area (Å²) in [5.41, 5.74) is 5.39. The second kappa shape index (κ2) is 9.59. The van der Waals surface area contributed by atoms with Gasteiger partial charge in [0.2, 0.25) is 5.91 Å². The molecule has 3 heterocycles. The molecule has 1 aliphatic heterocycles. The molecule has 176 valence electrons. The lowest BCUT2D eigenvalue weighted by Gasteiger charge is -2.37. The lowest BCUT2D eigenvalue weighted by atomic mass is 9.90. The Kier molecular flexibility index (Phi) is 6.79. The molecule has 3 aromatic rings. The van der Waals surface area contributed by atoms with Crippen molar-refractivity contribution in [1.82, 2.24) is 14.7 Å². The van der Waals surface area contributed by atoms with Crippen LogP contribution in [0, 0.1) is 19.8 Å². The molecule has 0 radical (unpaired) electrons. The average Bonchev–Trinajstić information content (AvgIpc) is 3.41. The van der Waals surface area contributed by atoms with Crippen LogP contribution in [0.25, 0.3) is 0 Å². The number of benzene rings is 1. The van der Waals surface area contributed by atoms with Gasteiger partial charge in [-0.2, -0.15) is 5.10 Å². The summed E-state index contributed by atoms with van der Waals surface area (Å²) in [5, 5.41) is 6.78. The van der Waals surface area contributed by atoms with Crippen molar-refractivity contribution in [3.05, 3.63) is 62.6 Å². The van der Waals surface area contributed by atoms with Gasteiger partial charge >= 0.3 is 0 Å². The topological polar surface area (TPSA) is 56.6 Å². The Bertz CT molecular complexity index is 1130. The number of carbonyl (C=O) groups is 1. The highest BCUT2D eigenvalue weighted by Gasteiger charge is 2.34. The summed E-state index contributed by atoms with van der Waals surface area (Å²) in [6.07, 6.45) is 1.15. The van der Waals surface area contributed by atoms with Gasteiger partial charge in [0.25, 0.3) is 0 Å². The summed E-state index contributed by atoms with van der Waals surface area (Å²) < 4.78 is 13.2. The van der Waals surface area contributed by atoms with Crippen LogP contribution in [0.15, 0.2) is 29.6 Å². The highest BCUT2D eigenvalue weighted by Crippen LogP contribution is 2.42. The first-order chi connectivity index (χ1) is 15.8. The molecule has 4 rings (SSSR count). The Labute approximate surface area is 200 Å². The van der Waals surface area contributed by atoms with Crippen LogP contribution in [-0.2, 0) is 24.2 Å². The summed E-state index contributed by atoms with van der Waals surface area (Å²) in [6.45, 7) is 9.97. The first kappa shape index (κ1) is 23.4. The van der Waals surface area contributed by atoms with Crippen LogP contribution in [0.5, 0.6) is 11.5 Å². The molecule has 1 unspecified atom stereocenters. The molecular weight excluding hydrogens is 434 g/mol. The largest absolute Gasteiger partial charge is 0.493 e. The van der Waals surface area contributed by atoms with E-state index in [1.165, 1.54) is 5.56 Å². The van der Waals surface area contributed by atoms with Gasteiger partial charge in [0.15, 0.2) is 11.5 Å². The number of rotatable bonds is 7. The molecule has 0 spiro atoms. The van der Waals surface area contributed by atoms with Crippen molar-refractivity contribution in [2.75, 3.05) is 20.8 Å². The molecule has 1 aliphatic rings. The Balaban J connectivity index is 1.69. The van der Waals surface area contributed by atoms with E-state index in [1.807, 2.05) is 28.6 Å². The van der Waals surface area contributed by atoms with E-state index in [9.17, 15) is 4.79 Å². The van der Waals surface area contributed by atoms with Crippen molar-refractivity contribution >= 4 is 17.2 Å². The first-order valence-electron chi connectivity index (χ1n) is 11.4. The summed E-state index contributed by atoms with van der Waals surface area (Å²) in [7, 11) is 3.31. The number of hydrogen-bond acceptors (Lipinski definition) is 5. The van der Waals surface area contributed by atoms with E-state index in [0.29, 0.717) is 24.6 Å². The van der Waals surface area contributed by atoms with Crippen LogP contribution in [0.4, 0.5) is 0 Å². The Morgan fingerprint density at radius 1 is 1.21 bits per heavy atom. The number of hydrogen-bond donors (Lipinski definition) is 0. The Hall–Kier alpha value is -2.80. The molecule has 1 atom stereocenters. The highest BCUT2D eigenvalue weighted by molar-refractivity contribution is 7.10. The first-order valence-corrected chi connectivity index (χ1v) is 12.3. The Morgan fingerprint density at radius 3 is 2.58 bits per heavy atom. The molecule has 0 saturated carbocycles. The number of aromatic nitrogens is 2. The van der Waals surface area contributed by atoms with E-state index < -0.39 is 0 Å². The van der Waals surface area contributed by atoms with Gasteiger partial charge in [0.05, 0.1) is 32.4 Å². The number of ether oxygens (including phenoxy) is 2. The van der Waals surface area contributed by atoms with Gasteiger partial charge in [-0.3, -0.25) is 9.48 Å². The molecule has 33 heavy (non-hydrogen) atoms.